The summed E-state index contributed by atoms with van der Waals surface area (Å²) in [6.07, 6.45) is -5.26. The van der Waals surface area contributed by atoms with Gasteiger partial charge in [0.1, 0.15) is 7.05 Å². The lowest BCUT2D eigenvalue weighted by atomic mass is 9.58. The third-order valence-electron chi connectivity index (χ3n) is 7.05. The zero-order valence-electron chi connectivity index (χ0n) is 19.1. The Morgan fingerprint density at radius 3 is 2.19 bits per heavy atom. The van der Waals surface area contributed by atoms with Gasteiger partial charge in [0, 0.05) is 5.41 Å². The van der Waals surface area contributed by atoms with E-state index in [-0.39, 0.29) is 0 Å². The maximum absolute atomic E-state index is 13.9. The first-order chi connectivity index (χ1) is 14.3. The van der Waals surface area contributed by atoms with Crippen LogP contribution in [0.15, 0.2) is 36.4 Å². The van der Waals surface area contributed by atoms with Gasteiger partial charge in [-0.15, -0.1) is 9.36 Å². The van der Waals surface area contributed by atoms with Gasteiger partial charge in [-0.2, -0.15) is 13.2 Å². The molecule has 1 atom stereocenters. The number of hydrogen-bond acceptors (Lipinski definition) is 1. The number of halogens is 3. The fourth-order valence-corrected chi connectivity index (χ4v) is 5.15. The number of nitrogens with zero attached hydrogens (tertiary/aromatic N) is 3. The van der Waals surface area contributed by atoms with Crippen LogP contribution in [0.2, 0.25) is 0 Å². The van der Waals surface area contributed by atoms with Gasteiger partial charge in [0.05, 0.1) is 23.1 Å². The predicted molar refractivity (Wildman–Crippen MR) is 115 cm³/mol. The largest absolute Gasteiger partial charge is 0.390 e. The number of fused-ring (bicyclic) bond motifs is 3. The molecule has 2 aromatic carbocycles. The van der Waals surface area contributed by atoms with Crippen LogP contribution < -0.4 is 4.68 Å². The molecule has 0 amide bonds. The van der Waals surface area contributed by atoms with Crippen LogP contribution >= 0.6 is 0 Å². The van der Waals surface area contributed by atoms with Crippen molar-refractivity contribution in [2.45, 2.75) is 65.0 Å². The summed E-state index contributed by atoms with van der Waals surface area (Å²) < 4.78 is 45.4. The summed E-state index contributed by atoms with van der Waals surface area (Å²) in [4.78, 5) is 4.90. The maximum Gasteiger partial charge on any atom is 0.390 e. The predicted octanol–water partition coefficient (Wildman–Crippen LogP) is 5.79. The normalized spacial score (nSPS) is 19.8. The lowest BCUT2D eigenvalue weighted by Crippen LogP contribution is -2.54. The fourth-order valence-electron chi connectivity index (χ4n) is 5.15. The molecular formula is C25H29F3N3+. The minimum absolute atomic E-state index is 0.452. The molecule has 6 heteroatoms. The lowest BCUT2D eigenvalue weighted by Gasteiger charge is -2.46. The summed E-state index contributed by atoms with van der Waals surface area (Å²) >= 11 is 0. The summed E-state index contributed by atoms with van der Waals surface area (Å²) in [5.41, 5.74) is 3.94. The molecule has 0 N–H and O–H groups in total. The van der Waals surface area contributed by atoms with Crippen LogP contribution in [0.1, 0.15) is 55.3 Å². The van der Waals surface area contributed by atoms with Gasteiger partial charge >= 0.3 is 12.0 Å². The number of para-hydroxylation sites is 1. The van der Waals surface area contributed by atoms with Gasteiger partial charge in [-0.05, 0) is 67.1 Å². The standard InChI is InChI=1S/C25H29F3N3/c1-15-11-16(2)13-18(12-15)21-29-22-24(6,14-25(26,27)28)23(4,5)19-10-8-9-17(3)20(19)31(22)30(21)7/h8-13H,14H2,1-7H3/q+1. The molecule has 1 aliphatic heterocycles. The average molecular weight is 429 g/mol. The van der Waals surface area contributed by atoms with Crippen molar-refractivity contribution in [2.24, 2.45) is 7.05 Å². The minimum Gasteiger partial charge on any atom is -0.171 e. The fraction of sp³-hybridized carbons (Fsp3) is 0.440. The summed E-state index contributed by atoms with van der Waals surface area (Å²) in [5.74, 6) is 1.12. The maximum atomic E-state index is 13.9. The van der Waals surface area contributed by atoms with E-state index in [0.29, 0.717) is 11.6 Å². The first kappa shape index (κ1) is 21.6. The summed E-state index contributed by atoms with van der Waals surface area (Å²) in [7, 11) is 1.88. The van der Waals surface area contributed by atoms with Gasteiger partial charge in [-0.3, -0.25) is 0 Å². The molecule has 0 saturated heterocycles. The third kappa shape index (κ3) is 3.19. The van der Waals surface area contributed by atoms with E-state index in [2.05, 4.69) is 6.07 Å². The van der Waals surface area contributed by atoms with Crippen molar-refractivity contribution >= 4 is 0 Å². The molecule has 31 heavy (non-hydrogen) atoms. The summed E-state index contributed by atoms with van der Waals surface area (Å²) in [6.45, 7) is 11.6. The van der Waals surface area contributed by atoms with Crippen LogP contribution in [0.3, 0.4) is 0 Å². The molecule has 164 valence electrons. The highest BCUT2D eigenvalue weighted by Crippen LogP contribution is 2.54. The second-order valence-corrected chi connectivity index (χ2v) is 9.69. The summed E-state index contributed by atoms with van der Waals surface area (Å²) in [6, 6.07) is 12.0. The number of aryl methyl sites for hydroxylation is 3. The van der Waals surface area contributed by atoms with E-state index in [0.717, 1.165) is 33.5 Å². The Bertz CT molecular complexity index is 1170. The molecule has 0 fully saturated rings. The molecule has 0 bridgehead atoms. The van der Waals surface area contributed by atoms with Crippen molar-refractivity contribution in [3.05, 3.63) is 64.5 Å². The highest BCUT2D eigenvalue weighted by atomic mass is 19.4. The van der Waals surface area contributed by atoms with E-state index < -0.39 is 23.4 Å². The Kier molecular flexibility index (Phi) is 4.65. The van der Waals surface area contributed by atoms with Crippen LogP contribution in [0, 0.1) is 20.8 Å². The highest BCUT2D eigenvalue weighted by Gasteiger charge is 2.59. The van der Waals surface area contributed by atoms with Gasteiger partial charge in [-0.25, -0.2) is 0 Å². The molecule has 0 radical (unpaired) electrons. The van der Waals surface area contributed by atoms with Crippen molar-refractivity contribution in [1.82, 2.24) is 9.67 Å². The highest BCUT2D eigenvalue weighted by molar-refractivity contribution is 5.59. The molecular weight excluding hydrogens is 399 g/mol. The molecule has 3 nitrogen and oxygen atoms in total. The zero-order valence-corrected chi connectivity index (χ0v) is 19.1. The molecule has 0 saturated carbocycles. The van der Waals surface area contributed by atoms with Gasteiger partial charge in [0.15, 0.2) is 0 Å². The van der Waals surface area contributed by atoms with E-state index in [1.54, 1.807) is 6.92 Å². The Morgan fingerprint density at radius 1 is 1.00 bits per heavy atom. The monoisotopic (exact) mass is 428 g/mol. The zero-order chi connectivity index (χ0) is 22.9. The van der Waals surface area contributed by atoms with Crippen LogP contribution in [0.5, 0.6) is 0 Å². The topological polar surface area (TPSA) is 21.7 Å². The third-order valence-corrected chi connectivity index (χ3v) is 7.05. The van der Waals surface area contributed by atoms with Crippen molar-refractivity contribution in [3.8, 4) is 17.1 Å². The SMILES string of the molecule is Cc1cc(C)cc(-c2nc3n([n+]2C)-c2c(C)cccc2C(C)(C)C3(C)CC(F)(F)F)c1. The molecule has 4 rings (SSSR count). The molecule has 3 aromatic rings. The number of alkyl halides is 3. The van der Waals surface area contributed by atoms with Gasteiger partial charge < -0.3 is 0 Å². The van der Waals surface area contributed by atoms with Gasteiger partial charge in [-0.1, -0.05) is 38.1 Å². The number of hydrogen-bond donors (Lipinski definition) is 0. The van der Waals surface area contributed by atoms with E-state index in [4.69, 9.17) is 4.98 Å². The molecule has 1 unspecified atom stereocenters. The Labute approximate surface area is 181 Å². The second-order valence-electron chi connectivity index (χ2n) is 9.69. The Hall–Kier alpha value is -2.63. The van der Waals surface area contributed by atoms with Crippen molar-refractivity contribution in [1.29, 1.82) is 0 Å². The molecule has 2 heterocycles. The average Bonchev–Trinajstić information content (AvgIpc) is 2.96. The minimum atomic E-state index is -4.32. The van der Waals surface area contributed by atoms with Crippen LogP contribution in [0.4, 0.5) is 13.2 Å². The van der Waals surface area contributed by atoms with E-state index in [1.807, 2.05) is 81.4 Å². The first-order valence-corrected chi connectivity index (χ1v) is 10.5. The first-order valence-electron chi connectivity index (χ1n) is 10.5. The molecule has 0 spiro atoms. The number of aromatic nitrogens is 3. The number of benzene rings is 2. The Morgan fingerprint density at radius 2 is 1.61 bits per heavy atom. The lowest BCUT2D eigenvalue weighted by molar-refractivity contribution is -0.736. The number of rotatable bonds is 2. The summed E-state index contributed by atoms with van der Waals surface area (Å²) in [5, 5.41) is 0. The van der Waals surface area contributed by atoms with Crippen molar-refractivity contribution in [2.75, 3.05) is 0 Å². The van der Waals surface area contributed by atoms with Crippen molar-refractivity contribution < 1.29 is 17.9 Å². The van der Waals surface area contributed by atoms with Crippen LogP contribution in [0.25, 0.3) is 17.1 Å². The van der Waals surface area contributed by atoms with Crippen molar-refractivity contribution in [3.63, 3.8) is 0 Å². The van der Waals surface area contributed by atoms with E-state index >= 15 is 0 Å². The molecule has 0 aliphatic carbocycles. The van der Waals surface area contributed by atoms with E-state index in [1.165, 1.54) is 0 Å². The van der Waals surface area contributed by atoms with Gasteiger partial charge in [0.2, 0.25) is 0 Å². The molecule has 1 aromatic heterocycles. The molecule has 1 aliphatic rings. The van der Waals surface area contributed by atoms with E-state index in [9.17, 15) is 13.2 Å². The smallest absolute Gasteiger partial charge is 0.171 e. The quantitative estimate of drug-likeness (QED) is 0.474. The van der Waals surface area contributed by atoms with Crippen LogP contribution in [-0.2, 0) is 17.9 Å². The Balaban J connectivity index is 2.10. The van der Waals surface area contributed by atoms with Crippen LogP contribution in [-0.4, -0.2) is 15.8 Å². The van der Waals surface area contributed by atoms with Gasteiger partial charge in [0.25, 0.3) is 5.82 Å². The second kappa shape index (κ2) is 6.68.